The van der Waals surface area contributed by atoms with E-state index in [9.17, 15) is 4.79 Å². The quantitative estimate of drug-likeness (QED) is 0.777. The van der Waals surface area contributed by atoms with Gasteiger partial charge in [-0.05, 0) is 32.0 Å². The van der Waals surface area contributed by atoms with E-state index < -0.39 is 0 Å². The van der Waals surface area contributed by atoms with Gasteiger partial charge in [-0.1, -0.05) is 18.2 Å². The minimum absolute atomic E-state index is 0.0795. The van der Waals surface area contributed by atoms with Crippen molar-refractivity contribution in [3.63, 3.8) is 0 Å². The minimum Gasteiger partial charge on any atom is -0.369 e. The summed E-state index contributed by atoms with van der Waals surface area (Å²) in [6.07, 6.45) is 1.24. The number of nitrogens with zero attached hydrogens (tertiary/aromatic N) is 1. The molecule has 2 aliphatic rings. The highest BCUT2D eigenvalue weighted by Crippen LogP contribution is 2.45. The van der Waals surface area contributed by atoms with Crippen LogP contribution in [0.15, 0.2) is 24.3 Å². The molecule has 3 atom stereocenters. The number of likely N-dealkylation sites (tertiary alicyclic amines) is 1. The summed E-state index contributed by atoms with van der Waals surface area (Å²) >= 11 is 0. The molecular formula is C13H16N2O. The number of benzene rings is 1. The minimum atomic E-state index is 0.0795. The fourth-order valence-electron chi connectivity index (χ4n) is 3.08. The van der Waals surface area contributed by atoms with Crippen LogP contribution in [0.4, 0.5) is 5.69 Å². The first kappa shape index (κ1) is 9.85. The highest BCUT2D eigenvalue weighted by atomic mass is 16.1. The summed E-state index contributed by atoms with van der Waals surface area (Å²) in [4.78, 5) is 13.7. The summed E-state index contributed by atoms with van der Waals surface area (Å²) in [6, 6.07) is 8.49. The normalized spacial score (nSPS) is 32.0. The van der Waals surface area contributed by atoms with Gasteiger partial charge in [-0.15, -0.1) is 0 Å². The van der Waals surface area contributed by atoms with E-state index in [4.69, 9.17) is 0 Å². The van der Waals surface area contributed by atoms with Gasteiger partial charge >= 0.3 is 0 Å². The Kier molecular flexibility index (Phi) is 2.04. The summed E-state index contributed by atoms with van der Waals surface area (Å²) < 4.78 is 0. The van der Waals surface area contributed by atoms with E-state index in [1.54, 1.807) is 6.92 Å². The van der Waals surface area contributed by atoms with Crippen LogP contribution >= 0.6 is 0 Å². The molecule has 1 fully saturated rings. The van der Waals surface area contributed by atoms with Crippen LogP contribution in [-0.2, 0) is 4.79 Å². The van der Waals surface area contributed by atoms with Crippen LogP contribution in [0.1, 0.15) is 24.8 Å². The number of nitrogens with one attached hydrogen (secondary N) is 1. The highest BCUT2D eigenvalue weighted by Gasteiger charge is 2.45. The third-order valence-corrected chi connectivity index (χ3v) is 3.92. The fourth-order valence-corrected chi connectivity index (χ4v) is 3.08. The predicted molar refractivity (Wildman–Crippen MR) is 63.4 cm³/mol. The molecular weight excluding hydrogens is 200 g/mol. The number of hydrogen-bond acceptors (Lipinski definition) is 3. The summed E-state index contributed by atoms with van der Waals surface area (Å²) in [5.74, 6) is 0.742. The Labute approximate surface area is 95.4 Å². The molecule has 3 heteroatoms. The number of hydrogen-bond donors (Lipinski definition) is 1. The molecule has 0 spiro atoms. The van der Waals surface area contributed by atoms with Crippen molar-refractivity contribution in [2.24, 2.45) is 0 Å². The van der Waals surface area contributed by atoms with Gasteiger partial charge in [-0.3, -0.25) is 9.69 Å². The maximum atomic E-state index is 11.5. The molecule has 0 aliphatic carbocycles. The van der Waals surface area contributed by atoms with Crippen LogP contribution in [0, 0.1) is 0 Å². The zero-order chi connectivity index (χ0) is 11.3. The van der Waals surface area contributed by atoms with Gasteiger partial charge in [0.05, 0.1) is 12.2 Å². The van der Waals surface area contributed by atoms with E-state index in [1.807, 2.05) is 7.05 Å². The third kappa shape index (κ3) is 1.21. The van der Waals surface area contributed by atoms with Crippen LogP contribution in [0.3, 0.4) is 0 Å². The molecule has 1 aromatic carbocycles. The standard InChI is InChI=1S/C13H16N2O/c1-8(16)12-7-10-9-5-3-4-6-11(9)14-13(10)15(12)2/h3-6,10,12-14H,7H2,1-2H3. The van der Waals surface area contributed by atoms with Crippen molar-refractivity contribution in [3.05, 3.63) is 29.8 Å². The van der Waals surface area contributed by atoms with E-state index >= 15 is 0 Å². The first-order valence-electron chi connectivity index (χ1n) is 5.76. The van der Waals surface area contributed by atoms with Crippen LogP contribution in [0.5, 0.6) is 0 Å². The fraction of sp³-hybridized carbons (Fsp3) is 0.462. The lowest BCUT2D eigenvalue weighted by molar-refractivity contribution is -0.121. The van der Waals surface area contributed by atoms with Crippen molar-refractivity contribution in [2.75, 3.05) is 12.4 Å². The molecule has 0 aromatic heterocycles. The summed E-state index contributed by atoms with van der Waals surface area (Å²) in [6.45, 7) is 1.69. The largest absolute Gasteiger partial charge is 0.369 e. The lowest BCUT2D eigenvalue weighted by atomic mass is 9.95. The first-order valence-corrected chi connectivity index (χ1v) is 5.76. The van der Waals surface area contributed by atoms with Crippen molar-refractivity contribution in [3.8, 4) is 0 Å². The molecule has 0 bridgehead atoms. The molecule has 0 radical (unpaired) electrons. The topological polar surface area (TPSA) is 32.3 Å². The zero-order valence-electron chi connectivity index (χ0n) is 9.60. The highest BCUT2D eigenvalue weighted by molar-refractivity contribution is 5.82. The number of fused-ring (bicyclic) bond motifs is 3. The molecule has 84 valence electrons. The number of anilines is 1. The monoisotopic (exact) mass is 216 g/mol. The lowest BCUT2D eigenvalue weighted by Crippen LogP contribution is -2.39. The summed E-state index contributed by atoms with van der Waals surface area (Å²) in [5, 5.41) is 3.50. The van der Waals surface area contributed by atoms with Gasteiger partial charge < -0.3 is 5.32 Å². The average Bonchev–Trinajstić information content (AvgIpc) is 2.76. The molecule has 2 aliphatic heterocycles. The van der Waals surface area contributed by atoms with Crippen molar-refractivity contribution in [1.82, 2.24) is 4.90 Å². The third-order valence-electron chi connectivity index (χ3n) is 3.92. The molecule has 2 heterocycles. The predicted octanol–water partition coefficient (Wildman–Crippen LogP) is 1.81. The Morgan fingerprint density at radius 3 is 2.94 bits per heavy atom. The van der Waals surface area contributed by atoms with E-state index in [0.29, 0.717) is 12.1 Å². The number of carbonyl (C=O) groups is 1. The molecule has 3 rings (SSSR count). The Morgan fingerprint density at radius 1 is 1.44 bits per heavy atom. The molecule has 1 N–H and O–H groups in total. The Morgan fingerprint density at radius 2 is 2.19 bits per heavy atom. The van der Waals surface area contributed by atoms with Gasteiger partial charge in [0.1, 0.15) is 5.78 Å². The van der Waals surface area contributed by atoms with E-state index in [0.717, 1.165) is 6.42 Å². The summed E-state index contributed by atoms with van der Waals surface area (Å²) in [5.41, 5.74) is 2.59. The van der Waals surface area contributed by atoms with Gasteiger partial charge in [-0.25, -0.2) is 0 Å². The van der Waals surface area contributed by atoms with Crippen LogP contribution in [-0.4, -0.2) is 29.9 Å². The Bertz CT molecular complexity index is 443. The molecule has 3 nitrogen and oxygen atoms in total. The van der Waals surface area contributed by atoms with E-state index in [1.165, 1.54) is 11.3 Å². The number of carbonyl (C=O) groups excluding carboxylic acids is 1. The zero-order valence-corrected chi connectivity index (χ0v) is 9.60. The second-order valence-corrected chi connectivity index (χ2v) is 4.81. The number of para-hydroxylation sites is 1. The molecule has 0 saturated carbocycles. The smallest absolute Gasteiger partial charge is 0.146 e. The van der Waals surface area contributed by atoms with Gasteiger partial charge in [0.25, 0.3) is 0 Å². The van der Waals surface area contributed by atoms with Crippen molar-refractivity contribution in [1.29, 1.82) is 0 Å². The number of rotatable bonds is 1. The Hall–Kier alpha value is -1.35. The van der Waals surface area contributed by atoms with Gasteiger partial charge in [-0.2, -0.15) is 0 Å². The molecule has 0 amide bonds. The SMILES string of the molecule is CC(=O)C1CC2c3ccccc3NC2N1C. The molecule has 3 unspecified atom stereocenters. The second-order valence-electron chi connectivity index (χ2n) is 4.81. The maximum Gasteiger partial charge on any atom is 0.146 e. The second kappa shape index (κ2) is 3.32. The molecule has 1 saturated heterocycles. The summed E-state index contributed by atoms with van der Waals surface area (Å²) in [7, 11) is 2.04. The lowest BCUT2D eigenvalue weighted by Gasteiger charge is -2.23. The number of likely N-dealkylation sites (N-methyl/N-ethyl adjacent to an activating group) is 1. The number of ketones is 1. The first-order chi connectivity index (χ1) is 7.68. The van der Waals surface area contributed by atoms with Crippen molar-refractivity contribution < 1.29 is 4.79 Å². The maximum absolute atomic E-state index is 11.5. The van der Waals surface area contributed by atoms with Gasteiger partial charge in [0, 0.05) is 11.6 Å². The van der Waals surface area contributed by atoms with Crippen molar-refractivity contribution in [2.45, 2.75) is 31.5 Å². The van der Waals surface area contributed by atoms with E-state index in [2.05, 4.69) is 34.5 Å². The van der Waals surface area contributed by atoms with Gasteiger partial charge in [0.15, 0.2) is 0 Å². The van der Waals surface area contributed by atoms with Crippen molar-refractivity contribution >= 4 is 11.5 Å². The van der Waals surface area contributed by atoms with Crippen LogP contribution < -0.4 is 5.32 Å². The van der Waals surface area contributed by atoms with E-state index in [-0.39, 0.29) is 11.8 Å². The number of Topliss-reactive ketones (excluding diaryl/α,β-unsaturated/α-hetero) is 1. The molecule has 1 aromatic rings. The molecule has 16 heavy (non-hydrogen) atoms. The van der Waals surface area contributed by atoms with Crippen LogP contribution in [0.2, 0.25) is 0 Å². The Balaban J connectivity index is 1.96. The van der Waals surface area contributed by atoms with Gasteiger partial charge in [0.2, 0.25) is 0 Å². The van der Waals surface area contributed by atoms with Crippen LogP contribution in [0.25, 0.3) is 0 Å². The average molecular weight is 216 g/mol.